The maximum atomic E-state index is 11.8. The van der Waals surface area contributed by atoms with Crippen molar-refractivity contribution >= 4 is 0 Å². The molecule has 2 aliphatic heterocycles. The van der Waals surface area contributed by atoms with E-state index in [1.165, 1.54) is 18.4 Å². The van der Waals surface area contributed by atoms with E-state index in [0.717, 1.165) is 43.8 Å². The molecule has 3 aliphatic carbocycles. The lowest BCUT2D eigenvalue weighted by atomic mass is 9.41. The standard InChI is InChI=1S/C27H39NO4/c1-24(2,3)26(5,31)17-13-25(4)19-12-16-8-9-18(29)22-20(16)27(25,23(32-22)21(17)30)10-11-28(19)14-15-6-7-15/h8-9,15,17,19,21,23,29-31H,6-7,10-14H2,1-5H3/t17-,19+,21+,23-,25+,26-,27-/m0/s1. The number of aliphatic hydroxyl groups is 2. The summed E-state index contributed by atoms with van der Waals surface area (Å²) in [4.78, 5) is 2.72. The van der Waals surface area contributed by atoms with Gasteiger partial charge in [-0.25, -0.2) is 0 Å². The summed E-state index contributed by atoms with van der Waals surface area (Å²) in [5, 5.41) is 34.3. The highest BCUT2D eigenvalue weighted by Crippen LogP contribution is 2.71. The number of aliphatic hydroxyl groups excluding tert-OH is 1. The molecule has 5 aliphatic rings. The van der Waals surface area contributed by atoms with Gasteiger partial charge >= 0.3 is 0 Å². The second-order valence-corrected chi connectivity index (χ2v) is 13.0. The number of piperidine rings is 1. The number of likely N-dealkylation sites (tertiary alicyclic amines) is 1. The highest BCUT2D eigenvalue weighted by atomic mass is 16.5. The van der Waals surface area contributed by atoms with E-state index in [1.807, 2.05) is 6.92 Å². The maximum absolute atomic E-state index is 11.8. The molecule has 32 heavy (non-hydrogen) atoms. The van der Waals surface area contributed by atoms with Crippen molar-refractivity contribution < 1.29 is 20.1 Å². The zero-order chi connectivity index (χ0) is 22.8. The van der Waals surface area contributed by atoms with Crippen molar-refractivity contribution in [3.05, 3.63) is 23.3 Å². The van der Waals surface area contributed by atoms with Crippen LogP contribution in [0.15, 0.2) is 12.1 Å². The molecule has 2 heterocycles. The van der Waals surface area contributed by atoms with Gasteiger partial charge in [0.25, 0.3) is 0 Å². The SMILES string of the molecule is CC(C)(C)[C@@](C)(O)[C@H]1C[C@]2(C)[C@H]3Cc4ccc(O)c5c4[C@@]2(CCN3CC2CC2)[C@@H](O5)[C@@H]1O. The molecular weight excluding hydrogens is 402 g/mol. The first-order chi connectivity index (χ1) is 14.9. The van der Waals surface area contributed by atoms with Crippen LogP contribution >= 0.6 is 0 Å². The zero-order valence-corrected chi connectivity index (χ0v) is 20.2. The topological polar surface area (TPSA) is 73.2 Å². The Hall–Kier alpha value is -1.30. The van der Waals surface area contributed by atoms with Crippen LogP contribution in [0, 0.1) is 22.7 Å². The molecule has 5 heteroatoms. The number of phenols is 1. The normalized spacial score (nSPS) is 42.2. The van der Waals surface area contributed by atoms with Crippen molar-refractivity contribution in [3.8, 4) is 11.5 Å². The van der Waals surface area contributed by atoms with Crippen LogP contribution in [0.25, 0.3) is 0 Å². The van der Waals surface area contributed by atoms with Gasteiger partial charge in [-0.15, -0.1) is 0 Å². The Morgan fingerprint density at radius 1 is 1.19 bits per heavy atom. The predicted molar refractivity (Wildman–Crippen MR) is 123 cm³/mol. The van der Waals surface area contributed by atoms with Gasteiger partial charge in [0.15, 0.2) is 11.5 Å². The fourth-order valence-corrected chi connectivity index (χ4v) is 8.07. The van der Waals surface area contributed by atoms with Crippen molar-refractivity contribution in [1.29, 1.82) is 0 Å². The fourth-order valence-electron chi connectivity index (χ4n) is 8.07. The van der Waals surface area contributed by atoms with Crippen molar-refractivity contribution in [2.75, 3.05) is 13.1 Å². The molecule has 6 rings (SSSR count). The van der Waals surface area contributed by atoms with Crippen molar-refractivity contribution in [2.24, 2.45) is 22.7 Å². The van der Waals surface area contributed by atoms with Crippen LogP contribution in [0.3, 0.4) is 0 Å². The number of hydrogen-bond donors (Lipinski definition) is 3. The van der Waals surface area contributed by atoms with Gasteiger partial charge in [-0.1, -0.05) is 33.8 Å². The van der Waals surface area contributed by atoms with E-state index in [9.17, 15) is 15.3 Å². The van der Waals surface area contributed by atoms with E-state index in [1.54, 1.807) is 6.07 Å². The number of nitrogens with zero attached hydrogens (tertiary/aromatic N) is 1. The van der Waals surface area contributed by atoms with Gasteiger partial charge in [-0.2, -0.15) is 0 Å². The molecule has 1 aromatic carbocycles. The fraction of sp³-hybridized carbons (Fsp3) is 0.778. The minimum atomic E-state index is -1.05. The molecule has 5 nitrogen and oxygen atoms in total. The summed E-state index contributed by atoms with van der Waals surface area (Å²) in [7, 11) is 0. The second-order valence-electron chi connectivity index (χ2n) is 13.0. The monoisotopic (exact) mass is 441 g/mol. The van der Waals surface area contributed by atoms with Crippen LogP contribution in [-0.4, -0.2) is 57.2 Å². The third-order valence-corrected chi connectivity index (χ3v) is 10.6. The lowest BCUT2D eigenvalue weighted by molar-refractivity contribution is -0.225. The molecule has 2 bridgehead atoms. The summed E-state index contributed by atoms with van der Waals surface area (Å²) in [6.07, 6.45) is 4.10. The quantitative estimate of drug-likeness (QED) is 0.668. The first kappa shape index (κ1) is 21.2. The van der Waals surface area contributed by atoms with E-state index >= 15 is 0 Å². The summed E-state index contributed by atoms with van der Waals surface area (Å²) in [5.41, 5.74) is 0.541. The Labute approximate surface area is 191 Å². The molecule has 2 saturated carbocycles. The molecule has 3 N–H and O–H groups in total. The summed E-state index contributed by atoms with van der Waals surface area (Å²) < 4.78 is 6.52. The van der Waals surface area contributed by atoms with E-state index in [4.69, 9.17) is 4.74 Å². The molecule has 1 saturated heterocycles. The molecule has 0 unspecified atom stereocenters. The first-order valence-corrected chi connectivity index (χ1v) is 12.6. The number of rotatable bonds is 3. The smallest absolute Gasteiger partial charge is 0.165 e. The Bertz CT molecular complexity index is 963. The van der Waals surface area contributed by atoms with Gasteiger partial charge in [0.2, 0.25) is 0 Å². The molecular formula is C27H39NO4. The minimum Gasteiger partial charge on any atom is -0.504 e. The van der Waals surface area contributed by atoms with Crippen molar-refractivity contribution in [3.63, 3.8) is 0 Å². The molecule has 0 radical (unpaired) electrons. The van der Waals surface area contributed by atoms with Crippen LogP contribution < -0.4 is 4.74 Å². The van der Waals surface area contributed by atoms with E-state index < -0.39 is 17.8 Å². The van der Waals surface area contributed by atoms with Crippen molar-refractivity contribution in [2.45, 2.75) is 96.0 Å². The van der Waals surface area contributed by atoms with Gasteiger partial charge in [0, 0.05) is 29.5 Å². The third-order valence-electron chi connectivity index (χ3n) is 10.6. The largest absolute Gasteiger partial charge is 0.504 e. The number of hydrogen-bond acceptors (Lipinski definition) is 5. The van der Waals surface area contributed by atoms with Gasteiger partial charge in [0.05, 0.1) is 11.7 Å². The molecule has 176 valence electrons. The van der Waals surface area contributed by atoms with Gasteiger partial charge in [0.1, 0.15) is 6.10 Å². The van der Waals surface area contributed by atoms with Crippen LogP contribution in [0.5, 0.6) is 11.5 Å². The highest BCUT2D eigenvalue weighted by Gasteiger charge is 2.74. The Morgan fingerprint density at radius 3 is 2.56 bits per heavy atom. The molecule has 0 amide bonds. The molecule has 3 fully saturated rings. The van der Waals surface area contributed by atoms with Crippen LogP contribution in [0.4, 0.5) is 0 Å². The minimum absolute atomic E-state index is 0.143. The summed E-state index contributed by atoms with van der Waals surface area (Å²) >= 11 is 0. The summed E-state index contributed by atoms with van der Waals surface area (Å²) in [6, 6.07) is 4.20. The van der Waals surface area contributed by atoms with E-state index in [-0.39, 0.29) is 27.9 Å². The Balaban J connectivity index is 1.54. The average molecular weight is 442 g/mol. The highest BCUT2D eigenvalue weighted by molar-refractivity contribution is 5.62. The van der Waals surface area contributed by atoms with Crippen LogP contribution in [0.1, 0.15) is 71.4 Å². The molecule has 7 atom stereocenters. The van der Waals surface area contributed by atoms with Crippen LogP contribution in [0.2, 0.25) is 0 Å². The predicted octanol–water partition coefficient (Wildman–Crippen LogP) is 3.62. The average Bonchev–Trinajstić information content (AvgIpc) is 3.44. The summed E-state index contributed by atoms with van der Waals surface area (Å²) in [5.74, 6) is 1.29. The number of ether oxygens (including phenoxy) is 1. The Kier molecular flexibility index (Phi) is 4.13. The second kappa shape index (κ2) is 6.22. The van der Waals surface area contributed by atoms with Gasteiger partial charge < -0.3 is 20.1 Å². The summed E-state index contributed by atoms with van der Waals surface area (Å²) in [6.45, 7) is 12.6. The van der Waals surface area contributed by atoms with Gasteiger partial charge in [-0.3, -0.25) is 4.90 Å². The van der Waals surface area contributed by atoms with Crippen molar-refractivity contribution in [1.82, 2.24) is 4.90 Å². The van der Waals surface area contributed by atoms with E-state index in [2.05, 4.69) is 38.7 Å². The zero-order valence-electron chi connectivity index (χ0n) is 20.2. The number of benzene rings is 1. The molecule has 1 spiro atoms. The first-order valence-electron chi connectivity index (χ1n) is 12.6. The number of aromatic hydroxyl groups is 1. The third kappa shape index (κ3) is 2.40. The van der Waals surface area contributed by atoms with Crippen LogP contribution in [-0.2, 0) is 11.8 Å². The maximum Gasteiger partial charge on any atom is 0.165 e. The number of phenolic OH excluding ortho intramolecular Hbond substituents is 1. The molecule has 1 aromatic rings. The lowest BCUT2D eigenvalue weighted by Crippen LogP contribution is -2.75. The van der Waals surface area contributed by atoms with Gasteiger partial charge in [-0.05, 0) is 74.0 Å². The molecule has 0 aromatic heterocycles. The van der Waals surface area contributed by atoms with E-state index in [0.29, 0.717) is 11.8 Å². The Morgan fingerprint density at radius 2 is 1.91 bits per heavy atom. The lowest BCUT2D eigenvalue weighted by Gasteiger charge is -2.68.